The maximum Gasteiger partial charge on any atom is 0.282 e. The van der Waals surface area contributed by atoms with Crippen LogP contribution < -0.4 is 11.1 Å². The fourth-order valence-corrected chi connectivity index (χ4v) is 9.51. The summed E-state index contributed by atoms with van der Waals surface area (Å²) < 4.78 is 63.9. The SMILES string of the molecule is Cc1cc(-c2ccc(C(=O)N3CC(F)(F)C3)cc2)cc2cc(CCC(=O)N3Cc4ccncc4C3)oc12.Cc1cc(-c2ccc(C(=O)N3CC(F)(F)C3)cc2)cc2cc(CN)oc12.c1cc2c(cn1)CNC2. The first kappa shape index (κ1) is 48.0. The highest BCUT2D eigenvalue weighted by atomic mass is 19.3. The molecule has 0 radical (unpaired) electrons. The lowest BCUT2D eigenvalue weighted by Gasteiger charge is -2.38. The molecule has 4 aliphatic rings. The van der Waals surface area contributed by atoms with Gasteiger partial charge in [-0.25, -0.2) is 17.6 Å². The minimum atomic E-state index is -2.78. The summed E-state index contributed by atoms with van der Waals surface area (Å²) in [5.74, 6) is -4.70. The van der Waals surface area contributed by atoms with Crippen molar-refractivity contribution in [1.82, 2.24) is 30.0 Å². The van der Waals surface area contributed by atoms with Crippen molar-refractivity contribution in [1.29, 1.82) is 0 Å². The van der Waals surface area contributed by atoms with Gasteiger partial charge in [0.1, 0.15) is 22.7 Å². The molecule has 12 nitrogen and oxygen atoms in total. The van der Waals surface area contributed by atoms with Crippen molar-refractivity contribution >= 4 is 39.7 Å². The Kier molecular flexibility index (Phi) is 13.0. The Bertz CT molecular complexity index is 3290. The number of nitrogens with zero attached hydrogens (tertiary/aromatic N) is 5. The fourth-order valence-electron chi connectivity index (χ4n) is 9.51. The molecular formula is C56H51F4N7O5. The lowest BCUT2D eigenvalue weighted by Crippen LogP contribution is -2.58. The number of likely N-dealkylation sites (tertiary alicyclic amines) is 2. The van der Waals surface area contributed by atoms with Gasteiger partial charge in [-0.3, -0.25) is 24.4 Å². The van der Waals surface area contributed by atoms with Gasteiger partial charge in [0.25, 0.3) is 23.7 Å². The highest BCUT2D eigenvalue weighted by molar-refractivity contribution is 5.97. The molecule has 72 heavy (non-hydrogen) atoms. The number of rotatable bonds is 8. The molecule has 0 aliphatic carbocycles. The van der Waals surface area contributed by atoms with Gasteiger partial charge in [0.2, 0.25) is 5.91 Å². The first-order chi connectivity index (χ1) is 34.6. The first-order valence-corrected chi connectivity index (χ1v) is 23.7. The predicted molar refractivity (Wildman–Crippen MR) is 264 cm³/mol. The van der Waals surface area contributed by atoms with Crippen LogP contribution in [0.4, 0.5) is 17.6 Å². The Labute approximate surface area is 412 Å². The number of hydrogen-bond acceptors (Lipinski definition) is 9. The standard InChI is InChI=1S/C29H25F2N3O3.C20H18F2N2O2.C7H8N2/c1-18-10-22(19-2-4-20(5-3-19)28(36)34-16-29(30,31)17-34)11-23-12-25(37-27(18)23)6-7-26(35)33-14-21-8-9-32-13-24(21)15-33;1-12-6-15(7-16-8-17(9-23)26-18(12)16)13-2-4-14(5-3-13)19(25)24-10-20(21,22)11-24;1-2-8-4-7-5-9-3-6(1)7/h2-5,8-13H,6-7,14-17H2,1H3;2-8H,9-11,23H2,1H3;1-2,4,9H,3,5H2. The molecule has 12 rings (SSSR count). The zero-order valence-corrected chi connectivity index (χ0v) is 39.7. The number of alkyl halides is 4. The number of carbonyl (C=O) groups excluding carboxylic acids is 3. The zero-order valence-electron chi connectivity index (χ0n) is 39.7. The summed E-state index contributed by atoms with van der Waals surface area (Å²) in [6.07, 6.45) is 8.22. The van der Waals surface area contributed by atoms with Gasteiger partial charge in [-0.15, -0.1) is 0 Å². The van der Waals surface area contributed by atoms with Crippen LogP contribution in [0.3, 0.4) is 0 Å². The number of pyridine rings is 2. The van der Waals surface area contributed by atoms with E-state index in [0.29, 0.717) is 43.6 Å². The molecule has 16 heteroatoms. The van der Waals surface area contributed by atoms with E-state index >= 15 is 0 Å². The van der Waals surface area contributed by atoms with Crippen LogP contribution in [0.5, 0.6) is 0 Å². The van der Waals surface area contributed by atoms with Gasteiger partial charge in [0.05, 0.1) is 32.7 Å². The molecule has 4 aromatic heterocycles. The van der Waals surface area contributed by atoms with Crippen molar-refractivity contribution in [2.45, 2.75) is 71.3 Å². The van der Waals surface area contributed by atoms with Gasteiger partial charge in [-0.2, -0.15) is 0 Å². The first-order valence-electron chi connectivity index (χ1n) is 23.7. The van der Waals surface area contributed by atoms with Crippen LogP contribution in [0.15, 0.2) is 131 Å². The molecule has 4 aliphatic heterocycles. The quantitative estimate of drug-likeness (QED) is 0.142. The third-order valence-electron chi connectivity index (χ3n) is 13.4. The summed E-state index contributed by atoms with van der Waals surface area (Å²) in [5, 5.41) is 5.17. The topological polar surface area (TPSA) is 151 Å². The number of nitrogens with one attached hydrogen (secondary N) is 1. The summed E-state index contributed by atoms with van der Waals surface area (Å²) in [7, 11) is 0. The van der Waals surface area contributed by atoms with Crippen molar-refractivity contribution in [2.24, 2.45) is 5.73 Å². The number of nitrogens with two attached hydrogens (primary N) is 1. The summed E-state index contributed by atoms with van der Waals surface area (Å²) in [5.41, 5.74) is 18.8. The van der Waals surface area contributed by atoms with E-state index in [0.717, 1.165) is 101 Å². The lowest BCUT2D eigenvalue weighted by atomic mass is 9.99. The second-order valence-corrected chi connectivity index (χ2v) is 18.9. The maximum atomic E-state index is 13.1. The van der Waals surface area contributed by atoms with E-state index in [1.54, 1.807) is 30.5 Å². The maximum absolute atomic E-state index is 13.1. The molecule has 2 fully saturated rings. The van der Waals surface area contributed by atoms with Crippen LogP contribution in [0.1, 0.15) is 72.0 Å². The monoisotopic (exact) mass is 977 g/mol. The van der Waals surface area contributed by atoms with Gasteiger partial charge in [-0.05, 0) is 142 Å². The summed E-state index contributed by atoms with van der Waals surface area (Å²) in [6.45, 7) is 5.44. The van der Waals surface area contributed by atoms with Crippen molar-refractivity contribution < 1.29 is 40.8 Å². The van der Waals surface area contributed by atoms with Crippen LogP contribution in [-0.2, 0) is 43.9 Å². The smallest absolute Gasteiger partial charge is 0.282 e. The highest BCUT2D eigenvalue weighted by Crippen LogP contribution is 2.34. The van der Waals surface area contributed by atoms with Gasteiger partial charge < -0.3 is 34.6 Å². The molecule has 0 spiro atoms. The summed E-state index contributed by atoms with van der Waals surface area (Å²) in [4.78, 5) is 49.7. The predicted octanol–water partition coefficient (Wildman–Crippen LogP) is 10.0. The zero-order chi connectivity index (χ0) is 50.3. The van der Waals surface area contributed by atoms with E-state index in [4.69, 9.17) is 14.6 Å². The number of amides is 3. The van der Waals surface area contributed by atoms with Crippen molar-refractivity contribution in [3.05, 3.63) is 178 Å². The molecule has 0 saturated carbocycles. The molecule has 4 aromatic carbocycles. The second-order valence-electron chi connectivity index (χ2n) is 18.9. The van der Waals surface area contributed by atoms with Crippen molar-refractivity contribution in [2.75, 3.05) is 26.2 Å². The number of furan rings is 2. The average Bonchev–Trinajstić information content (AvgIpc) is 4.20. The normalized spacial score (nSPS) is 16.0. The number of aromatic nitrogens is 2. The molecule has 3 amide bonds. The Morgan fingerprint density at radius 3 is 1.56 bits per heavy atom. The van der Waals surface area contributed by atoms with Crippen LogP contribution in [-0.4, -0.2) is 80.4 Å². The molecular weight excluding hydrogens is 927 g/mol. The van der Waals surface area contributed by atoms with Gasteiger partial charge in [-0.1, -0.05) is 24.3 Å². The average molecular weight is 978 g/mol. The third-order valence-corrected chi connectivity index (χ3v) is 13.4. The van der Waals surface area contributed by atoms with E-state index in [-0.39, 0.29) is 17.7 Å². The molecule has 0 unspecified atom stereocenters. The molecule has 8 aromatic rings. The Balaban J connectivity index is 0.000000146. The van der Waals surface area contributed by atoms with Crippen LogP contribution in [0, 0.1) is 13.8 Å². The second kappa shape index (κ2) is 19.5. The van der Waals surface area contributed by atoms with E-state index < -0.39 is 38.0 Å². The number of benzene rings is 4. The summed E-state index contributed by atoms with van der Waals surface area (Å²) >= 11 is 0. The molecule has 2 saturated heterocycles. The number of fused-ring (bicyclic) bond motifs is 4. The number of carbonyl (C=O) groups is 3. The van der Waals surface area contributed by atoms with E-state index in [1.165, 1.54) is 11.1 Å². The third kappa shape index (κ3) is 10.2. The van der Waals surface area contributed by atoms with E-state index in [9.17, 15) is 31.9 Å². The van der Waals surface area contributed by atoms with Crippen molar-refractivity contribution in [3.63, 3.8) is 0 Å². The largest absolute Gasteiger partial charge is 0.461 e. The number of aryl methyl sites for hydroxylation is 3. The fraction of sp³-hybridized carbons (Fsp3) is 0.268. The van der Waals surface area contributed by atoms with Crippen LogP contribution >= 0.6 is 0 Å². The highest BCUT2D eigenvalue weighted by Gasteiger charge is 2.47. The Morgan fingerprint density at radius 1 is 0.583 bits per heavy atom. The number of hydrogen-bond donors (Lipinski definition) is 2. The van der Waals surface area contributed by atoms with Gasteiger partial charge in [0.15, 0.2) is 0 Å². The molecule has 3 N–H and O–H groups in total. The van der Waals surface area contributed by atoms with Gasteiger partial charge >= 0.3 is 0 Å². The molecule has 368 valence electrons. The summed E-state index contributed by atoms with van der Waals surface area (Å²) in [6, 6.07) is 30.0. The van der Waals surface area contributed by atoms with E-state index in [2.05, 4.69) is 21.4 Å². The minimum Gasteiger partial charge on any atom is -0.461 e. The molecule has 0 bridgehead atoms. The van der Waals surface area contributed by atoms with Crippen molar-refractivity contribution in [3.8, 4) is 22.3 Å². The van der Waals surface area contributed by atoms with E-state index in [1.807, 2.05) is 104 Å². The van der Waals surface area contributed by atoms with Crippen LogP contribution in [0.2, 0.25) is 0 Å². The Morgan fingerprint density at radius 2 is 1.06 bits per heavy atom. The minimum absolute atomic E-state index is 0.0886. The number of halogens is 4. The molecule has 0 atom stereocenters. The molecule has 8 heterocycles. The lowest BCUT2D eigenvalue weighted by molar-refractivity contribution is -0.131. The Hall–Kier alpha value is -7.69. The van der Waals surface area contributed by atoms with Gasteiger partial charge in [0, 0.05) is 85.7 Å². The van der Waals surface area contributed by atoms with Crippen LogP contribution in [0.25, 0.3) is 44.2 Å².